The number of fused-ring (bicyclic) bond motifs is 1. The molecule has 1 aromatic heterocycles. The highest BCUT2D eigenvalue weighted by Gasteiger charge is 2.21. The monoisotopic (exact) mass is 209 g/mol. The lowest BCUT2D eigenvalue weighted by atomic mass is 10.1. The summed E-state index contributed by atoms with van der Waals surface area (Å²) in [5.41, 5.74) is 5.23. The lowest BCUT2D eigenvalue weighted by Gasteiger charge is -2.09. The van der Waals surface area contributed by atoms with Crippen molar-refractivity contribution in [1.29, 1.82) is 0 Å². The van der Waals surface area contributed by atoms with E-state index in [0.717, 1.165) is 15.0 Å². The highest BCUT2D eigenvalue weighted by atomic mass is 32.1. The number of alkyl halides is 1. The van der Waals surface area contributed by atoms with Crippen LogP contribution in [0.3, 0.4) is 0 Å². The molecule has 0 saturated carbocycles. The van der Waals surface area contributed by atoms with Crippen molar-refractivity contribution in [3.63, 3.8) is 0 Å². The van der Waals surface area contributed by atoms with Gasteiger partial charge in [0.05, 0.1) is 0 Å². The maximum absolute atomic E-state index is 13.7. The molecule has 1 nitrogen and oxygen atoms in total. The van der Waals surface area contributed by atoms with Crippen LogP contribution in [0.25, 0.3) is 10.1 Å². The smallest absolute Gasteiger partial charge is 0.139 e. The van der Waals surface area contributed by atoms with Gasteiger partial charge < -0.3 is 5.73 Å². The van der Waals surface area contributed by atoms with E-state index in [9.17, 15) is 4.39 Å². The number of thiophene rings is 1. The van der Waals surface area contributed by atoms with E-state index in [1.54, 1.807) is 13.8 Å². The van der Waals surface area contributed by atoms with Crippen molar-refractivity contribution >= 4 is 27.1 Å². The highest BCUT2D eigenvalue weighted by molar-refractivity contribution is 7.19. The molecule has 0 aliphatic carbocycles. The van der Waals surface area contributed by atoms with Crippen molar-refractivity contribution < 1.29 is 4.39 Å². The Bertz CT molecular complexity index is 468. The van der Waals surface area contributed by atoms with Crippen LogP contribution in [0.2, 0.25) is 0 Å². The number of hydrogen-bond donors (Lipinski definition) is 1. The fourth-order valence-corrected chi connectivity index (χ4v) is 2.47. The summed E-state index contributed by atoms with van der Waals surface area (Å²) >= 11 is 1.46. The second-order valence-corrected chi connectivity index (χ2v) is 4.93. The van der Waals surface area contributed by atoms with Gasteiger partial charge in [-0.3, -0.25) is 0 Å². The molecule has 0 unspecified atom stereocenters. The van der Waals surface area contributed by atoms with E-state index in [-0.39, 0.29) is 0 Å². The molecule has 14 heavy (non-hydrogen) atoms. The number of nitrogens with two attached hydrogens (primary N) is 1. The zero-order chi connectivity index (χ0) is 10.3. The van der Waals surface area contributed by atoms with Gasteiger partial charge in [-0.25, -0.2) is 4.39 Å². The molecule has 74 valence electrons. The van der Waals surface area contributed by atoms with Crippen LogP contribution in [0, 0.1) is 0 Å². The number of anilines is 1. The lowest BCUT2D eigenvalue weighted by Crippen LogP contribution is -2.05. The van der Waals surface area contributed by atoms with Crippen molar-refractivity contribution in [2.45, 2.75) is 19.5 Å². The molecule has 1 heterocycles. The molecule has 0 saturated heterocycles. The van der Waals surface area contributed by atoms with Gasteiger partial charge in [0, 0.05) is 20.7 Å². The summed E-state index contributed by atoms with van der Waals surface area (Å²) in [5, 5.41) is 0.957. The molecule has 2 rings (SSSR count). The minimum atomic E-state index is -1.28. The number of rotatable bonds is 1. The van der Waals surface area contributed by atoms with Crippen molar-refractivity contribution in [3.8, 4) is 0 Å². The summed E-state index contributed by atoms with van der Waals surface area (Å²) in [5.74, 6) is 0. The number of halogens is 1. The molecule has 2 N–H and O–H groups in total. The quantitative estimate of drug-likeness (QED) is 0.712. The predicted molar refractivity (Wildman–Crippen MR) is 60.4 cm³/mol. The van der Waals surface area contributed by atoms with Crippen LogP contribution in [-0.4, -0.2) is 0 Å². The SMILES string of the molecule is CC(C)(F)c1cc2c(N)cccc2s1. The molecule has 0 aliphatic rings. The normalized spacial score (nSPS) is 12.2. The Morgan fingerprint density at radius 1 is 1.36 bits per heavy atom. The predicted octanol–water partition coefficient (Wildman–Crippen LogP) is 3.69. The Hall–Kier alpha value is -1.09. The largest absolute Gasteiger partial charge is 0.398 e. The molecular weight excluding hydrogens is 197 g/mol. The van der Waals surface area contributed by atoms with Crippen LogP contribution >= 0.6 is 11.3 Å². The Morgan fingerprint density at radius 2 is 2.07 bits per heavy atom. The van der Waals surface area contributed by atoms with Crippen LogP contribution in [0.1, 0.15) is 18.7 Å². The molecule has 0 aliphatic heterocycles. The standard InChI is InChI=1S/C11H12FNS/c1-11(2,12)10-6-7-8(13)4-3-5-9(7)14-10/h3-6H,13H2,1-2H3. The van der Waals surface area contributed by atoms with Gasteiger partial charge in [-0.1, -0.05) is 6.07 Å². The van der Waals surface area contributed by atoms with Gasteiger partial charge in [0.2, 0.25) is 0 Å². The topological polar surface area (TPSA) is 26.0 Å². The molecule has 0 radical (unpaired) electrons. The summed E-state index contributed by atoms with van der Waals surface area (Å²) < 4.78 is 14.7. The molecule has 2 aromatic rings. The summed E-state index contributed by atoms with van der Waals surface area (Å²) in [6, 6.07) is 7.54. The zero-order valence-corrected chi connectivity index (χ0v) is 8.99. The van der Waals surface area contributed by atoms with Crippen LogP contribution in [-0.2, 0) is 5.67 Å². The highest BCUT2D eigenvalue weighted by Crippen LogP contribution is 2.37. The van der Waals surface area contributed by atoms with Crippen LogP contribution in [0.4, 0.5) is 10.1 Å². The first-order chi connectivity index (χ1) is 6.48. The second kappa shape index (κ2) is 2.95. The third kappa shape index (κ3) is 1.48. The van der Waals surface area contributed by atoms with E-state index < -0.39 is 5.67 Å². The minimum Gasteiger partial charge on any atom is -0.398 e. The van der Waals surface area contributed by atoms with Crippen molar-refractivity contribution in [2.75, 3.05) is 5.73 Å². The maximum Gasteiger partial charge on any atom is 0.139 e. The van der Waals surface area contributed by atoms with Gasteiger partial charge in [-0.15, -0.1) is 11.3 Å². The first-order valence-electron chi connectivity index (χ1n) is 4.46. The van der Waals surface area contributed by atoms with Gasteiger partial charge >= 0.3 is 0 Å². The second-order valence-electron chi connectivity index (χ2n) is 3.84. The minimum absolute atomic E-state index is 0.717. The maximum atomic E-state index is 13.7. The molecule has 0 fully saturated rings. The van der Waals surface area contributed by atoms with Gasteiger partial charge in [-0.05, 0) is 32.0 Å². The van der Waals surface area contributed by atoms with E-state index in [1.165, 1.54) is 11.3 Å². The van der Waals surface area contributed by atoms with Crippen LogP contribution in [0.5, 0.6) is 0 Å². The Balaban J connectivity index is 2.69. The first kappa shape index (κ1) is 9.46. The molecule has 0 amide bonds. The van der Waals surface area contributed by atoms with E-state index in [2.05, 4.69) is 0 Å². The number of hydrogen-bond acceptors (Lipinski definition) is 2. The Labute approximate surface area is 86.4 Å². The van der Waals surface area contributed by atoms with Crippen molar-refractivity contribution in [2.24, 2.45) is 0 Å². The van der Waals surface area contributed by atoms with Gasteiger partial charge in [-0.2, -0.15) is 0 Å². The average Bonchev–Trinajstić information content (AvgIpc) is 2.48. The molecule has 0 spiro atoms. The summed E-state index contributed by atoms with van der Waals surface area (Å²) in [6.07, 6.45) is 0. The van der Waals surface area contributed by atoms with E-state index in [1.807, 2.05) is 24.3 Å². The Kier molecular flexibility index (Phi) is 2.00. The van der Waals surface area contributed by atoms with Gasteiger partial charge in [0.1, 0.15) is 5.67 Å². The Morgan fingerprint density at radius 3 is 2.64 bits per heavy atom. The van der Waals surface area contributed by atoms with E-state index in [0.29, 0.717) is 5.69 Å². The zero-order valence-electron chi connectivity index (χ0n) is 8.17. The van der Waals surface area contributed by atoms with Crippen molar-refractivity contribution in [3.05, 3.63) is 29.1 Å². The fourth-order valence-electron chi connectivity index (χ4n) is 1.38. The first-order valence-corrected chi connectivity index (χ1v) is 5.27. The average molecular weight is 209 g/mol. The molecule has 3 heteroatoms. The van der Waals surface area contributed by atoms with Crippen LogP contribution < -0.4 is 5.73 Å². The van der Waals surface area contributed by atoms with E-state index >= 15 is 0 Å². The lowest BCUT2D eigenvalue weighted by molar-refractivity contribution is 0.227. The van der Waals surface area contributed by atoms with Gasteiger partial charge in [0.25, 0.3) is 0 Å². The molecular formula is C11H12FNS. The summed E-state index contributed by atoms with van der Waals surface area (Å²) in [7, 11) is 0. The summed E-state index contributed by atoms with van der Waals surface area (Å²) in [4.78, 5) is 0.727. The van der Waals surface area contributed by atoms with Gasteiger partial charge in [0.15, 0.2) is 0 Å². The number of benzene rings is 1. The third-order valence-electron chi connectivity index (χ3n) is 2.18. The summed E-state index contributed by atoms with van der Waals surface area (Å²) in [6.45, 7) is 3.13. The third-order valence-corrected chi connectivity index (χ3v) is 3.58. The molecule has 1 aromatic carbocycles. The molecule has 0 atom stereocenters. The van der Waals surface area contributed by atoms with Crippen LogP contribution in [0.15, 0.2) is 24.3 Å². The van der Waals surface area contributed by atoms with E-state index in [4.69, 9.17) is 5.73 Å². The fraction of sp³-hybridized carbons (Fsp3) is 0.273. The van der Waals surface area contributed by atoms with Crippen molar-refractivity contribution in [1.82, 2.24) is 0 Å². The number of nitrogen functional groups attached to an aromatic ring is 1. The molecule has 0 bridgehead atoms.